The third-order valence-electron chi connectivity index (χ3n) is 6.49. The van der Waals surface area contributed by atoms with Crippen molar-refractivity contribution in [3.8, 4) is 11.5 Å². The van der Waals surface area contributed by atoms with Crippen LogP contribution in [-0.2, 0) is 22.7 Å². The number of aryl methyl sites for hydroxylation is 1. The molecule has 7 heteroatoms. The first-order valence-corrected chi connectivity index (χ1v) is 12.6. The minimum Gasteiger partial charge on any atom is -0.497 e. The van der Waals surface area contributed by atoms with Crippen LogP contribution in [0.3, 0.4) is 0 Å². The SMILES string of the molecule is COc1ccc(CO/N=C(/Cc2ccccc2)c2ccc(OCC(=O)N3CCN(C)CC3)c(C)c2)cc1. The Morgan fingerprint density at radius 2 is 1.65 bits per heavy atom. The molecule has 1 saturated heterocycles. The van der Waals surface area contributed by atoms with E-state index in [0.717, 1.165) is 59.9 Å². The zero-order valence-corrected chi connectivity index (χ0v) is 21.9. The lowest BCUT2D eigenvalue weighted by molar-refractivity contribution is -0.134. The summed E-state index contributed by atoms with van der Waals surface area (Å²) < 4.78 is 11.1. The summed E-state index contributed by atoms with van der Waals surface area (Å²) in [7, 11) is 3.72. The number of rotatable bonds is 10. The first-order valence-electron chi connectivity index (χ1n) is 12.6. The number of carbonyl (C=O) groups is 1. The Hall–Kier alpha value is -3.84. The average molecular weight is 502 g/mol. The molecule has 0 aromatic heterocycles. The van der Waals surface area contributed by atoms with Gasteiger partial charge in [0.1, 0.15) is 18.1 Å². The van der Waals surface area contributed by atoms with E-state index in [2.05, 4.69) is 29.2 Å². The lowest BCUT2D eigenvalue weighted by atomic mass is 10.0. The molecule has 1 aliphatic rings. The predicted octanol–water partition coefficient (Wildman–Crippen LogP) is 4.32. The summed E-state index contributed by atoms with van der Waals surface area (Å²) in [5, 5.41) is 4.52. The zero-order valence-electron chi connectivity index (χ0n) is 21.9. The van der Waals surface area contributed by atoms with Gasteiger partial charge in [0.2, 0.25) is 0 Å². The van der Waals surface area contributed by atoms with E-state index in [1.165, 1.54) is 0 Å². The largest absolute Gasteiger partial charge is 0.497 e. The minimum absolute atomic E-state index is 0.0230. The molecule has 4 rings (SSSR count). The summed E-state index contributed by atoms with van der Waals surface area (Å²) in [6, 6.07) is 23.8. The number of oxime groups is 1. The Bertz CT molecular complexity index is 1190. The van der Waals surface area contributed by atoms with E-state index in [4.69, 9.17) is 14.3 Å². The summed E-state index contributed by atoms with van der Waals surface area (Å²) in [5.74, 6) is 1.53. The number of piperazine rings is 1. The normalized spacial score (nSPS) is 14.4. The molecule has 1 amide bonds. The Kier molecular flexibility index (Phi) is 9.16. The summed E-state index contributed by atoms with van der Waals surface area (Å²) >= 11 is 0. The fourth-order valence-corrected chi connectivity index (χ4v) is 4.16. The van der Waals surface area contributed by atoms with Crippen molar-refractivity contribution in [1.29, 1.82) is 0 Å². The van der Waals surface area contributed by atoms with Crippen molar-refractivity contribution < 1.29 is 19.1 Å². The monoisotopic (exact) mass is 501 g/mol. The Morgan fingerprint density at radius 1 is 0.919 bits per heavy atom. The van der Waals surface area contributed by atoms with Gasteiger partial charge in [0.15, 0.2) is 6.61 Å². The minimum atomic E-state index is 0.0230. The van der Waals surface area contributed by atoms with Crippen molar-refractivity contribution in [2.24, 2.45) is 5.16 Å². The number of hydrogen-bond acceptors (Lipinski definition) is 6. The first kappa shape index (κ1) is 26.2. The van der Waals surface area contributed by atoms with Crippen molar-refractivity contribution in [2.45, 2.75) is 20.0 Å². The van der Waals surface area contributed by atoms with E-state index in [1.54, 1.807) is 7.11 Å². The molecule has 0 saturated carbocycles. The van der Waals surface area contributed by atoms with Crippen LogP contribution in [0.4, 0.5) is 0 Å². The molecule has 3 aromatic carbocycles. The maximum atomic E-state index is 12.6. The van der Waals surface area contributed by atoms with Crippen molar-refractivity contribution in [2.75, 3.05) is 46.9 Å². The number of amides is 1. The molecule has 194 valence electrons. The third-order valence-corrected chi connectivity index (χ3v) is 6.49. The van der Waals surface area contributed by atoms with Crippen molar-refractivity contribution in [3.63, 3.8) is 0 Å². The molecular formula is C30H35N3O4. The topological polar surface area (TPSA) is 63.6 Å². The highest BCUT2D eigenvalue weighted by atomic mass is 16.6. The second-order valence-corrected chi connectivity index (χ2v) is 9.27. The Morgan fingerprint density at radius 3 is 2.32 bits per heavy atom. The molecule has 0 N–H and O–H groups in total. The fourth-order valence-electron chi connectivity index (χ4n) is 4.16. The molecular weight excluding hydrogens is 466 g/mol. The van der Waals surface area contributed by atoms with E-state index in [0.29, 0.717) is 18.8 Å². The van der Waals surface area contributed by atoms with Gasteiger partial charge in [-0.15, -0.1) is 0 Å². The second-order valence-electron chi connectivity index (χ2n) is 9.27. The van der Waals surface area contributed by atoms with E-state index >= 15 is 0 Å². The summed E-state index contributed by atoms with van der Waals surface area (Å²) in [6.45, 7) is 5.65. The van der Waals surface area contributed by atoms with E-state index < -0.39 is 0 Å². The van der Waals surface area contributed by atoms with Gasteiger partial charge in [0, 0.05) is 38.2 Å². The number of carbonyl (C=O) groups excluding carboxylic acids is 1. The molecule has 37 heavy (non-hydrogen) atoms. The van der Waals surface area contributed by atoms with Crippen LogP contribution in [-0.4, -0.2) is 68.4 Å². The Labute approximate surface area is 219 Å². The van der Waals surface area contributed by atoms with Gasteiger partial charge in [-0.25, -0.2) is 0 Å². The third kappa shape index (κ3) is 7.57. The van der Waals surface area contributed by atoms with E-state index in [-0.39, 0.29) is 12.5 Å². The number of methoxy groups -OCH3 is 1. The van der Waals surface area contributed by atoms with Crippen LogP contribution in [0.1, 0.15) is 22.3 Å². The standard InChI is InChI=1S/C30H35N3O4/c1-23-19-26(11-14-29(23)36-22-30(34)33-17-15-32(2)16-18-33)28(20-24-7-5-4-6-8-24)31-37-21-25-9-12-27(35-3)13-10-25/h4-14,19H,15-18,20-22H2,1-3H3/b31-28-. The first-order chi connectivity index (χ1) is 18.0. The van der Waals surface area contributed by atoms with Gasteiger partial charge in [0.05, 0.1) is 12.8 Å². The molecule has 1 fully saturated rings. The number of nitrogens with zero attached hydrogens (tertiary/aromatic N) is 3. The van der Waals surface area contributed by atoms with Crippen LogP contribution in [0.2, 0.25) is 0 Å². The highest BCUT2D eigenvalue weighted by Gasteiger charge is 2.19. The quantitative estimate of drug-likeness (QED) is 0.306. The smallest absolute Gasteiger partial charge is 0.260 e. The molecule has 0 radical (unpaired) electrons. The van der Waals surface area contributed by atoms with Gasteiger partial charge in [-0.05, 0) is 61.0 Å². The fraction of sp³-hybridized carbons (Fsp3) is 0.333. The van der Waals surface area contributed by atoms with Crippen molar-refractivity contribution >= 4 is 11.6 Å². The predicted molar refractivity (Wildman–Crippen MR) is 145 cm³/mol. The van der Waals surface area contributed by atoms with E-state index in [1.807, 2.05) is 72.5 Å². The maximum Gasteiger partial charge on any atom is 0.260 e. The van der Waals surface area contributed by atoms with Crippen LogP contribution >= 0.6 is 0 Å². The number of ether oxygens (including phenoxy) is 2. The van der Waals surface area contributed by atoms with Crippen LogP contribution in [0, 0.1) is 6.92 Å². The zero-order chi connectivity index (χ0) is 26.0. The van der Waals surface area contributed by atoms with Gasteiger partial charge in [-0.1, -0.05) is 47.6 Å². The van der Waals surface area contributed by atoms with Gasteiger partial charge >= 0.3 is 0 Å². The van der Waals surface area contributed by atoms with Crippen LogP contribution in [0.15, 0.2) is 78.0 Å². The van der Waals surface area contributed by atoms with E-state index in [9.17, 15) is 4.79 Å². The van der Waals surface area contributed by atoms with Crippen LogP contribution in [0.25, 0.3) is 0 Å². The molecule has 1 aliphatic heterocycles. The summed E-state index contributed by atoms with van der Waals surface area (Å²) in [5.41, 5.74) is 4.87. The molecule has 7 nitrogen and oxygen atoms in total. The van der Waals surface area contributed by atoms with Gasteiger partial charge in [0.25, 0.3) is 5.91 Å². The number of benzene rings is 3. The van der Waals surface area contributed by atoms with Gasteiger partial charge in [-0.2, -0.15) is 0 Å². The van der Waals surface area contributed by atoms with Gasteiger partial charge < -0.3 is 24.1 Å². The summed E-state index contributed by atoms with van der Waals surface area (Å²) in [6.07, 6.45) is 0.630. The molecule has 0 bridgehead atoms. The molecule has 0 atom stereocenters. The maximum absolute atomic E-state index is 12.6. The highest BCUT2D eigenvalue weighted by Crippen LogP contribution is 2.21. The summed E-state index contributed by atoms with van der Waals surface area (Å²) in [4.78, 5) is 22.4. The molecule has 0 aliphatic carbocycles. The molecule has 3 aromatic rings. The molecule has 1 heterocycles. The van der Waals surface area contributed by atoms with Crippen molar-refractivity contribution in [3.05, 3.63) is 95.1 Å². The molecule has 0 spiro atoms. The lowest BCUT2D eigenvalue weighted by Gasteiger charge is -2.32. The van der Waals surface area contributed by atoms with Crippen molar-refractivity contribution in [1.82, 2.24) is 9.80 Å². The molecule has 0 unspecified atom stereocenters. The number of likely N-dealkylation sites (N-methyl/N-ethyl adjacent to an activating group) is 1. The van der Waals surface area contributed by atoms with Gasteiger partial charge in [-0.3, -0.25) is 4.79 Å². The Balaban J connectivity index is 1.44. The second kappa shape index (κ2) is 12.9. The van der Waals surface area contributed by atoms with Crippen LogP contribution in [0.5, 0.6) is 11.5 Å². The number of hydrogen-bond donors (Lipinski definition) is 0. The lowest BCUT2D eigenvalue weighted by Crippen LogP contribution is -2.48. The van der Waals surface area contributed by atoms with Crippen LogP contribution < -0.4 is 9.47 Å². The highest BCUT2D eigenvalue weighted by molar-refractivity contribution is 6.01. The average Bonchev–Trinajstić information content (AvgIpc) is 2.93.